The summed E-state index contributed by atoms with van der Waals surface area (Å²) < 4.78 is 0. The predicted octanol–water partition coefficient (Wildman–Crippen LogP) is 3.90. The van der Waals surface area contributed by atoms with Gasteiger partial charge in [0.25, 0.3) is 0 Å². The smallest absolute Gasteiger partial charge is 0.155 e. The molecule has 1 heteroatoms. The maximum atomic E-state index is 11.5. The molecule has 3 unspecified atom stereocenters. The molecule has 0 aromatic rings. The normalized spacial score (nSPS) is 37.8. The Labute approximate surface area is 98.6 Å². The van der Waals surface area contributed by atoms with Gasteiger partial charge in [-0.2, -0.15) is 0 Å². The molecule has 0 fully saturated rings. The van der Waals surface area contributed by atoms with Gasteiger partial charge in [0.15, 0.2) is 5.78 Å². The lowest BCUT2D eigenvalue weighted by Gasteiger charge is -2.46. The second kappa shape index (κ2) is 4.20. The molecule has 0 aromatic carbocycles. The van der Waals surface area contributed by atoms with Crippen LogP contribution >= 0.6 is 0 Å². The SMILES string of the molecule is CCC1CC=CC2CCC(C(C)=O)=CC21C. The molecule has 0 spiro atoms. The predicted molar refractivity (Wildman–Crippen MR) is 67.1 cm³/mol. The van der Waals surface area contributed by atoms with Crippen molar-refractivity contribution in [2.24, 2.45) is 17.3 Å². The number of hydrogen-bond acceptors (Lipinski definition) is 1. The minimum absolute atomic E-state index is 0.225. The summed E-state index contributed by atoms with van der Waals surface area (Å²) in [6.45, 7) is 6.31. The molecule has 16 heavy (non-hydrogen) atoms. The second-order valence-electron chi connectivity index (χ2n) is 5.51. The van der Waals surface area contributed by atoms with Gasteiger partial charge in [0, 0.05) is 0 Å². The molecule has 0 saturated heterocycles. The summed E-state index contributed by atoms with van der Waals surface area (Å²) in [5.74, 6) is 1.62. The highest BCUT2D eigenvalue weighted by Crippen LogP contribution is 2.50. The van der Waals surface area contributed by atoms with Gasteiger partial charge in [-0.25, -0.2) is 0 Å². The topological polar surface area (TPSA) is 17.1 Å². The molecule has 0 N–H and O–H groups in total. The number of rotatable bonds is 2. The lowest BCUT2D eigenvalue weighted by Crippen LogP contribution is -2.37. The molecule has 0 aromatic heterocycles. The number of hydrogen-bond donors (Lipinski definition) is 0. The van der Waals surface area contributed by atoms with Gasteiger partial charge >= 0.3 is 0 Å². The van der Waals surface area contributed by atoms with E-state index in [1.807, 2.05) is 0 Å². The summed E-state index contributed by atoms with van der Waals surface area (Å²) in [6.07, 6.45) is 11.5. The molecule has 0 aliphatic heterocycles. The third-order valence-electron chi connectivity index (χ3n) is 4.62. The van der Waals surface area contributed by atoms with Gasteiger partial charge in [-0.1, -0.05) is 38.5 Å². The minimum atomic E-state index is 0.225. The van der Waals surface area contributed by atoms with E-state index >= 15 is 0 Å². The summed E-state index contributed by atoms with van der Waals surface area (Å²) in [7, 11) is 0. The fourth-order valence-electron chi connectivity index (χ4n) is 3.45. The third kappa shape index (κ3) is 1.77. The van der Waals surface area contributed by atoms with Crippen molar-refractivity contribution in [1.29, 1.82) is 0 Å². The van der Waals surface area contributed by atoms with Crippen molar-refractivity contribution >= 4 is 5.78 Å². The lowest BCUT2D eigenvalue weighted by atomic mass is 9.58. The van der Waals surface area contributed by atoms with E-state index in [4.69, 9.17) is 0 Å². The van der Waals surface area contributed by atoms with E-state index < -0.39 is 0 Å². The molecule has 0 bridgehead atoms. The Balaban J connectivity index is 2.37. The van der Waals surface area contributed by atoms with Crippen molar-refractivity contribution in [1.82, 2.24) is 0 Å². The van der Waals surface area contributed by atoms with E-state index in [0.29, 0.717) is 11.8 Å². The molecule has 2 aliphatic rings. The second-order valence-corrected chi connectivity index (χ2v) is 5.51. The summed E-state index contributed by atoms with van der Waals surface area (Å²) in [5.41, 5.74) is 1.29. The highest BCUT2D eigenvalue weighted by Gasteiger charge is 2.41. The van der Waals surface area contributed by atoms with E-state index in [2.05, 4.69) is 32.1 Å². The van der Waals surface area contributed by atoms with Gasteiger partial charge in [0.2, 0.25) is 0 Å². The van der Waals surface area contributed by atoms with E-state index in [-0.39, 0.29) is 11.2 Å². The number of carbonyl (C=O) groups is 1. The first-order valence-corrected chi connectivity index (χ1v) is 6.47. The van der Waals surface area contributed by atoms with Gasteiger partial charge in [0.05, 0.1) is 0 Å². The average Bonchev–Trinajstić information content (AvgIpc) is 2.26. The van der Waals surface area contributed by atoms with Crippen LogP contribution in [0.15, 0.2) is 23.8 Å². The largest absolute Gasteiger partial charge is 0.295 e. The summed E-state index contributed by atoms with van der Waals surface area (Å²) in [5, 5.41) is 0. The zero-order chi connectivity index (χ0) is 11.8. The Morgan fingerprint density at radius 1 is 1.56 bits per heavy atom. The Morgan fingerprint density at radius 2 is 2.31 bits per heavy atom. The molecule has 0 amide bonds. The van der Waals surface area contributed by atoms with Crippen molar-refractivity contribution in [3.8, 4) is 0 Å². The third-order valence-corrected chi connectivity index (χ3v) is 4.62. The maximum absolute atomic E-state index is 11.5. The van der Waals surface area contributed by atoms with Crippen molar-refractivity contribution in [3.05, 3.63) is 23.8 Å². The maximum Gasteiger partial charge on any atom is 0.155 e. The first-order valence-electron chi connectivity index (χ1n) is 6.47. The quantitative estimate of drug-likeness (QED) is 0.642. The number of carbonyl (C=O) groups excluding carboxylic acids is 1. The monoisotopic (exact) mass is 218 g/mol. The Hall–Kier alpha value is -0.850. The van der Waals surface area contributed by atoms with Gasteiger partial charge in [-0.05, 0) is 49.0 Å². The molecule has 3 atom stereocenters. The van der Waals surface area contributed by atoms with Gasteiger partial charge in [0.1, 0.15) is 0 Å². The Morgan fingerprint density at radius 3 is 2.94 bits per heavy atom. The first kappa shape index (κ1) is 11.6. The van der Waals surface area contributed by atoms with Crippen LogP contribution in [-0.2, 0) is 4.79 Å². The minimum Gasteiger partial charge on any atom is -0.295 e. The first-order chi connectivity index (χ1) is 7.58. The van der Waals surface area contributed by atoms with Crippen molar-refractivity contribution in [2.45, 2.75) is 46.5 Å². The fraction of sp³-hybridized carbons (Fsp3) is 0.667. The molecular weight excluding hydrogens is 196 g/mol. The molecule has 0 saturated carbocycles. The Kier molecular flexibility index (Phi) is 3.05. The molecule has 2 rings (SSSR count). The molecule has 88 valence electrons. The van der Waals surface area contributed by atoms with Crippen LogP contribution in [0, 0.1) is 17.3 Å². The standard InChI is InChI=1S/C15H22O/c1-4-13-6-5-7-14-9-8-12(11(2)16)10-15(13,14)3/h5,7,10,13-14H,4,6,8-9H2,1-3H3. The highest BCUT2D eigenvalue weighted by atomic mass is 16.1. The fourth-order valence-corrected chi connectivity index (χ4v) is 3.45. The van der Waals surface area contributed by atoms with Crippen molar-refractivity contribution in [2.75, 3.05) is 0 Å². The highest BCUT2D eigenvalue weighted by molar-refractivity contribution is 5.93. The zero-order valence-corrected chi connectivity index (χ0v) is 10.6. The summed E-state index contributed by atoms with van der Waals surface area (Å²) >= 11 is 0. The average molecular weight is 218 g/mol. The Bertz CT molecular complexity index is 350. The molecule has 0 heterocycles. The van der Waals surface area contributed by atoms with Crippen molar-refractivity contribution in [3.63, 3.8) is 0 Å². The number of allylic oxidation sites excluding steroid dienone is 4. The molecule has 1 nitrogen and oxygen atoms in total. The van der Waals surface area contributed by atoms with E-state index in [1.165, 1.54) is 12.8 Å². The van der Waals surface area contributed by atoms with Crippen LogP contribution in [-0.4, -0.2) is 5.78 Å². The van der Waals surface area contributed by atoms with Crippen LogP contribution in [0.4, 0.5) is 0 Å². The summed E-state index contributed by atoms with van der Waals surface area (Å²) in [6, 6.07) is 0. The number of fused-ring (bicyclic) bond motifs is 1. The van der Waals surface area contributed by atoms with Crippen molar-refractivity contribution < 1.29 is 4.79 Å². The van der Waals surface area contributed by atoms with Gasteiger partial charge in [-0.15, -0.1) is 0 Å². The van der Waals surface area contributed by atoms with Crippen LogP contribution < -0.4 is 0 Å². The van der Waals surface area contributed by atoms with E-state index in [9.17, 15) is 4.79 Å². The molecule has 2 aliphatic carbocycles. The van der Waals surface area contributed by atoms with Gasteiger partial charge < -0.3 is 0 Å². The van der Waals surface area contributed by atoms with E-state index in [1.54, 1.807) is 6.92 Å². The lowest BCUT2D eigenvalue weighted by molar-refractivity contribution is -0.114. The van der Waals surface area contributed by atoms with Crippen LogP contribution in [0.1, 0.15) is 46.5 Å². The van der Waals surface area contributed by atoms with Crippen LogP contribution in [0.5, 0.6) is 0 Å². The zero-order valence-electron chi connectivity index (χ0n) is 10.6. The number of ketones is 1. The van der Waals surface area contributed by atoms with Gasteiger partial charge in [-0.3, -0.25) is 4.79 Å². The molecular formula is C15H22O. The van der Waals surface area contributed by atoms with Crippen LogP contribution in [0.25, 0.3) is 0 Å². The summed E-state index contributed by atoms with van der Waals surface area (Å²) in [4.78, 5) is 11.5. The van der Waals surface area contributed by atoms with Crippen LogP contribution in [0.2, 0.25) is 0 Å². The molecule has 0 radical (unpaired) electrons. The van der Waals surface area contributed by atoms with Crippen LogP contribution in [0.3, 0.4) is 0 Å². The number of Topliss-reactive ketones (excluding diaryl/α,β-unsaturated/α-hetero) is 1. The van der Waals surface area contributed by atoms with E-state index in [0.717, 1.165) is 18.4 Å².